The smallest absolute Gasteiger partial charge is 0.262 e. The van der Waals surface area contributed by atoms with E-state index in [0.717, 1.165) is 49.0 Å². The molecule has 3 aromatic heterocycles. The van der Waals surface area contributed by atoms with Crippen molar-refractivity contribution in [3.63, 3.8) is 0 Å². The molecular weight excluding hydrogens is 597 g/mol. The molecule has 0 bridgehead atoms. The Morgan fingerprint density at radius 1 is 1.05 bits per heavy atom. The fourth-order valence-corrected chi connectivity index (χ4v) is 6.42. The molecule has 0 radical (unpaired) electrons. The number of hydrogen-bond donors (Lipinski definition) is 3. The summed E-state index contributed by atoms with van der Waals surface area (Å²) in [6.45, 7) is 2.91. The van der Waals surface area contributed by atoms with E-state index in [0.29, 0.717) is 24.3 Å². The molecule has 228 valence electrons. The molecule has 0 fully saturated rings. The van der Waals surface area contributed by atoms with E-state index in [-0.39, 0.29) is 28.4 Å². The molecule has 1 aliphatic rings. The van der Waals surface area contributed by atoms with Crippen molar-refractivity contribution >= 4 is 43.9 Å². The second kappa shape index (κ2) is 11.7. The van der Waals surface area contributed by atoms with E-state index in [1.54, 1.807) is 16.8 Å². The molecule has 0 spiro atoms. The van der Waals surface area contributed by atoms with Gasteiger partial charge in [0, 0.05) is 25.3 Å². The number of anilines is 4. The highest BCUT2D eigenvalue weighted by Gasteiger charge is 2.24. The number of aliphatic hydroxyl groups is 1. The number of benzene rings is 2. The van der Waals surface area contributed by atoms with Crippen molar-refractivity contribution in [2.24, 2.45) is 0 Å². The molecule has 0 amide bonds. The van der Waals surface area contributed by atoms with Gasteiger partial charge in [-0.25, -0.2) is 41.2 Å². The number of nitrogens with zero attached hydrogens (tertiary/aromatic N) is 6. The first-order valence-electron chi connectivity index (χ1n) is 13.8. The lowest BCUT2D eigenvalue weighted by Crippen LogP contribution is -2.30. The Kier molecular flexibility index (Phi) is 7.82. The molecule has 44 heavy (non-hydrogen) atoms. The van der Waals surface area contributed by atoms with Gasteiger partial charge in [0.15, 0.2) is 17.5 Å². The first kappa shape index (κ1) is 29.3. The Balaban J connectivity index is 1.34. The van der Waals surface area contributed by atoms with Crippen molar-refractivity contribution in [2.75, 3.05) is 34.6 Å². The molecule has 2 aromatic carbocycles. The van der Waals surface area contributed by atoms with E-state index in [9.17, 15) is 22.3 Å². The number of hydrogen-bond acceptors (Lipinski definition) is 9. The summed E-state index contributed by atoms with van der Waals surface area (Å²) in [7, 11) is -4.42. The van der Waals surface area contributed by atoms with Crippen LogP contribution in [0.4, 0.5) is 36.1 Å². The van der Waals surface area contributed by atoms with E-state index in [4.69, 9.17) is 5.10 Å². The third kappa shape index (κ3) is 5.51. The Morgan fingerprint density at radius 2 is 1.89 bits per heavy atom. The number of aliphatic hydroxyl groups excluding tert-OH is 1. The molecule has 0 aliphatic carbocycles. The summed E-state index contributed by atoms with van der Waals surface area (Å²) in [5, 5.41) is 16.6. The van der Waals surface area contributed by atoms with Gasteiger partial charge in [0.2, 0.25) is 0 Å². The van der Waals surface area contributed by atoms with Crippen LogP contribution in [0.15, 0.2) is 59.9 Å². The second-order valence-corrected chi connectivity index (χ2v) is 11.9. The van der Waals surface area contributed by atoms with Crippen molar-refractivity contribution in [3.05, 3.63) is 83.7 Å². The lowest BCUT2D eigenvalue weighted by atomic mass is 10.1. The number of aryl methyl sites for hydroxylation is 1. The van der Waals surface area contributed by atoms with Gasteiger partial charge in [0.1, 0.15) is 29.2 Å². The van der Waals surface area contributed by atoms with Crippen LogP contribution < -0.4 is 14.9 Å². The van der Waals surface area contributed by atoms with Gasteiger partial charge < -0.3 is 15.3 Å². The summed E-state index contributed by atoms with van der Waals surface area (Å²) in [6, 6.07) is 8.71. The van der Waals surface area contributed by atoms with Crippen LogP contribution in [0.5, 0.6) is 0 Å². The molecule has 0 unspecified atom stereocenters. The number of fused-ring (bicyclic) bond motifs is 2. The summed E-state index contributed by atoms with van der Waals surface area (Å²) < 4.78 is 74.2. The average Bonchev–Trinajstić information content (AvgIpc) is 3.46. The number of aromatic nitrogens is 5. The number of rotatable bonds is 9. The van der Waals surface area contributed by atoms with E-state index in [1.165, 1.54) is 25.4 Å². The second-order valence-electron chi connectivity index (χ2n) is 10.2. The Bertz CT molecular complexity index is 1990. The largest absolute Gasteiger partial charge is 0.396 e. The monoisotopic (exact) mass is 624 g/mol. The minimum Gasteiger partial charge on any atom is -0.396 e. The van der Waals surface area contributed by atoms with E-state index in [1.807, 2.05) is 6.20 Å². The zero-order chi connectivity index (χ0) is 31.0. The predicted molar refractivity (Wildman–Crippen MR) is 158 cm³/mol. The van der Waals surface area contributed by atoms with Gasteiger partial charge in [0.25, 0.3) is 10.0 Å². The molecule has 15 heteroatoms. The van der Waals surface area contributed by atoms with Gasteiger partial charge in [-0.15, -0.1) is 0 Å². The Morgan fingerprint density at radius 3 is 2.70 bits per heavy atom. The van der Waals surface area contributed by atoms with Gasteiger partial charge in [-0.05, 0) is 62.6 Å². The number of nitrogens with one attached hydrogen (secondary N) is 2. The minimum absolute atomic E-state index is 0.0304. The van der Waals surface area contributed by atoms with Gasteiger partial charge >= 0.3 is 0 Å². The van der Waals surface area contributed by atoms with Crippen LogP contribution in [0.2, 0.25) is 0 Å². The quantitative estimate of drug-likeness (QED) is 0.215. The van der Waals surface area contributed by atoms with Crippen LogP contribution in [0.1, 0.15) is 24.1 Å². The lowest BCUT2D eigenvalue weighted by molar-refractivity contribution is 0.289. The van der Waals surface area contributed by atoms with Gasteiger partial charge in [-0.1, -0.05) is 6.07 Å². The molecular formula is C29H27F3N8O3S. The van der Waals surface area contributed by atoms with Crippen LogP contribution in [-0.2, 0) is 16.4 Å². The molecule has 0 saturated heterocycles. The zero-order valence-corrected chi connectivity index (χ0v) is 24.2. The number of sulfonamides is 1. The average molecular weight is 625 g/mol. The lowest BCUT2D eigenvalue weighted by Gasteiger charge is -2.27. The van der Waals surface area contributed by atoms with Crippen LogP contribution in [0.3, 0.4) is 0 Å². The Labute approximate surface area is 250 Å². The molecule has 3 N–H and O–H groups in total. The van der Waals surface area contributed by atoms with Crippen molar-refractivity contribution in [1.29, 1.82) is 0 Å². The fourth-order valence-electron chi connectivity index (χ4n) is 5.10. The van der Waals surface area contributed by atoms with Gasteiger partial charge in [0.05, 0.1) is 33.7 Å². The maximum absolute atomic E-state index is 15.6. The van der Waals surface area contributed by atoms with Crippen molar-refractivity contribution in [3.8, 4) is 5.82 Å². The topological polar surface area (TPSA) is 138 Å². The zero-order valence-electron chi connectivity index (χ0n) is 23.4. The van der Waals surface area contributed by atoms with Crippen molar-refractivity contribution < 1.29 is 26.7 Å². The fraction of sp³-hybridized carbons (Fsp3) is 0.241. The third-order valence-corrected chi connectivity index (χ3v) is 8.84. The molecule has 11 nitrogen and oxygen atoms in total. The van der Waals surface area contributed by atoms with Crippen LogP contribution in [0, 0.1) is 24.4 Å². The summed E-state index contributed by atoms with van der Waals surface area (Å²) in [5.74, 6) is -2.62. The van der Waals surface area contributed by atoms with E-state index >= 15 is 4.39 Å². The maximum atomic E-state index is 15.6. The molecule has 5 aromatic rings. The first-order valence-corrected chi connectivity index (χ1v) is 15.2. The first-order chi connectivity index (χ1) is 21.2. The van der Waals surface area contributed by atoms with Crippen LogP contribution in [-0.4, -0.2) is 58.0 Å². The standard InChI is InChI=1S/C29H27F3N8O3S/c1-17-18(30)5-2-7-24(17)44(42,43)38-21-9-8-19(31)27(26(21)32)36-29-28-22(33-16-34-29)10-11-25(35-28)40-15-23-20(37-40)6-3-12-39(23)13-4-14-41/h2,5,7-11,15-16,38,41H,3-4,6,12-14H2,1H3,(H,33,34,36). The maximum Gasteiger partial charge on any atom is 0.262 e. The Hall–Kier alpha value is -4.76. The molecule has 0 saturated carbocycles. The number of pyridine rings is 1. The van der Waals surface area contributed by atoms with E-state index < -0.39 is 38.8 Å². The van der Waals surface area contributed by atoms with Crippen LogP contribution in [0.25, 0.3) is 16.9 Å². The number of halogens is 3. The summed E-state index contributed by atoms with van der Waals surface area (Å²) in [5.41, 5.74) is 1.04. The summed E-state index contributed by atoms with van der Waals surface area (Å²) in [4.78, 5) is 14.8. The van der Waals surface area contributed by atoms with Crippen molar-refractivity contribution in [2.45, 2.75) is 31.1 Å². The van der Waals surface area contributed by atoms with Crippen molar-refractivity contribution in [1.82, 2.24) is 24.7 Å². The third-order valence-electron chi connectivity index (χ3n) is 7.33. The SMILES string of the molecule is Cc1c(F)cccc1S(=O)(=O)Nc1ccc(F)c(Nc2ncnc3ccc(-n4cc5c(n4)CCCN5CCCO)nc23)c1F. The van der Waals surface area contributed by atoms with Gasteiger partial charge in [-0.2, -0.15) is 5.10 Å². The van der Waals surface area contributed by atoms with Gasteiger partial charge in [-0.3, -0.25) is 4.72 Å². The molecule has 0 atom stereocenters. The minimum atomic E-state index is -4.42. The summed E-state index contributed by atoms with van der Waals surface area (Å²) in [6.07, 6.45) is 5.40. The highest BCUT2D eigenvalue weighted by molar-refractivity contribution is 7.92. The molecule has 6 rings (SSSR count). The highest BCUT2D eigenvalue weighted by atomic mass is 32.2. The summed E-state index contributed by atoms with van der Waals surface area (Å²) >= 11 is 0. The highest BCUT2D eigenvalue weighted by Crippen LogP contribution is 2.33. The normalized spacial score (nSPS) is 13.2. The predicted octanol–water partition coefficient (Wildman–Crippen LogP) is 4.62. The molecule has 4 heterocycles. The molecule has 1 aliphatic heterocycles. The van der Waals surface area contributed by atoms with Crippen LogP contribution >= 0.6 is 0 Å². The van der Waals surface area contributed by atoms with E-state index in [2.05, 4.69) is 29.9 Å².